The van der Waals surface area contributed by atoms with Gasteiger partial charge in [-0.3, -0.25) is 4.57 Å². The van der Waals surface area contributed by atoms with Crippen molar-refractivity contribution in [1.82, 2.24) is 9.55 Å². The van der Waals surface area contributed by atoms with Crippen molar-refractivity contribution in [2.24, 2.45) is 0 Å². The Kier molecular flexibility index (Phi) is 5.55. The van der Waals surface area contributed by atoms with E-state index in [1.54, 1.807) is 18.5 Å². The largest absolute Gasteiger partial charge is 0.382 e. The molecule has 108 valence electrons. The van der Waals surface area contributed by atoms with Gasteiger partial charge in [0.25, 0.3) is 0 Å². The van der Waals surface area contributed by atoms with Gasteiger partial charge in [-0.2, -0.15) is 0 Å². The molecule has 6 heteroatoms. The number of imidazole rings is 1. The molecule has 2 rings (SSSR count). The Hall–Kier alpha value is -1.40. The molecule has 2 aromatic rings. The highest BCUT2D eigenvalue weighted by molar-refractivity contribution is 9.10. The highest BCUT2D eigenvalue weighted by Crippen LogP contribution is 2.24. The summed E-state index contributed by atoms with van der Waals surface area (Å²) in [5.74, 6) is 0.409. The lowest BCUT2D eigenvalue weighted by molar-refractivity contribution is 0.147. The van der Waals surface area contributed by atoms with Gasteiger partial charge in [-0.25, -0.2) is 9.37 Å². The molecule has 4 nitrogen and oxygen atoms in total. The van der Waals surface area contributed by atoms with Gasteiger partial charge >= 0.3 is 0 Å². The zero-order valence-electron chi connectivity index (χ0n) is 11.3. The van der Waals surface area contributed by atoms with E-state index in [4.69, 9.17) is 4.74 Å². The fourth-order valence-corrected chi connectivity index (χ4v) is 2.26. The Morgan fingerprint density at radius 3 is 3.10 bits per heavy atom. The minimum atomic E-state index is -0.279. The molecule has 0 aliphatic rings. The summed E-state index contributed by atoms with van der Waals surface area (Å²) >= 11 is 3.43. The number of anilines is 1. The molecular formula is C14H17BrFN3O. The third-order valence-electron chi connectivity index (χ3n) is 2.76. The third-order valence-corrected chi connectivity index (χ3v) is 3.43. The summed E-state index contributed by atoms with van der Waals surface area (Å²) in [6.07, 6.45) is 4.37. The summed E-state index contributed by atoms with van der Waals surface area (Å²) in [6, 6.07) is 4.57. The van der Waals surface area contributed by atoms with Gasteiger partial charge in [0.2, 0.25) is 5.95 Å². The molecule has 1 heterocycles. The maximum absolute atomic E-state index is 13.4. The molecule has 0 atom stereocenters. The van der Waals surface area contributed by atoms with Crippen LogP contribution in [-0.4, -0.2) is 29.3 Å². The summed E-state index contributed by atoms with van der Waals surface area (Å²) in [7, 11) is 0. The van der Waals surface area contributed by atoms with E-state index in [1.165, 1.54) is 12.1 Å². The average molecular weight is 342 g/mol. The zero-order chi connectivity index (χ0) is 14.4. The normalized spacial score (nSPS) is 10.8. The lowest BCUT2D eigenvalue weighted by Gasteiger charge is -2.11. The molecule has 0 amide bonds. The van der Waals surface area contributed by atoms with Crippen LogP contribution in [0.15, 0.2) is 35.1 Å². The minimum absolute atomic E-state index is 0.279. The maximum atomic E-state index is 13.4. The molecule has 1 aromatic heterocycles. The van der Waals surface area contributed by atoms with E-state index in [2.05, 4.69) is 26.2 Å². The van der Waals surface area contributed by atoms with E-state index >= 15 is 0 Å². The van der Waals surface area contributed by atoms with Crippen LogP contribution in [0.1, 0.15) is 13.3 Å². The molecule has 0 radical (unpaired) electrons. The number of ether oxygens (including phenoxy) is 1. The molecule has 20 heavy (non-hydrogen) atoms. The number of rotatable bonds is 7. The van der Waals surface area contributed by atoms with Crippen LogP contribution in [0.4, 0.5) is 10.3 Å². The predicted octanol–water partition coefficient (Wildman–Crippen LogP) is 3.61. The summed E-state index contributed by atoms with van der Waals surface area (Å²) in [5, 5.41) is 3.23. The first-order chi connectivity index (χ1) is 9.72. The standard InChI is InChI=1S/C14H17BrFN3O/c1-2-20-9-3-6-17-14-18-7-8-19(14)13-10-11(16)4-5-12(13)15/h4-5,7-8,10H,2-3,6,9H2,1H3,(H,17,18). The maximum Gasteiger partial charge on any atom is 0.207 e. The number of aromatic nitrogens is 2. The number of hydrogen-bond acceptors (Lipinski definition) is 3. The highest BCUT2D eigenvalue weighted by atomic mass is 79.9. The quantitative estimate of drug-likeness (QED) is 0.782. The number of nitrogens with one attached hydrogen (secondary N) is 1. The Bertz CT molecular complexity index is 559. The highest BCUT2D eigenvalue weighted by Gasteiger charge is 2.08. The number of benzene rings is 1. The van der Waals surface area contributed by atoms with Crippen LogP contribution in [0, 0.1) is 5.82 Å². The van der Waals surface area contributed by atoms with Crippen molar-refractivity contribution in [3.05, 3.63) is 40.9 Å². The van der Waals surface area contributed by atoms with Gasteiger partial charge in [-0.1, -0.05) is 0 Å². The second kappa shape index (κ2) is 7.40. The van der Waals surface area contributed by atoms with Crippen LogP contribution in [0.3, 0.4) is 0 Å². The fourth-order valence-electron chi connectivity index (χ4n) is 1.82. The Balaban J connectivity index is 2.06. The number of halogens is 2. The van der Waals surface area contributed by atoms with Crippen LogP contribution in [-0.2, 0) is 4.74 Å². The van der Waals surface area contributed by atoms with Crippen molar-refractivity contribution >= 4 is 21.9 Å². The molecule has 0 saturated heterocycles. The van der Waals surface area contributed by atoms with Crippen molar-refractivity contribution in [3.63, 3.8) is 0 Å². The molecule has 0 saturated carbocycles. The molecule has 1 aromatic carbocycles. The minimum Gasteiger partial charge on any atom is -0.382 e. The SMILES string of the molecule is CCOCCCNc1nccn1-c1cc(F)ccc1Br. The van der Waals surface area contributed by atoms with Crippen LogP contribution in [0.2, 0.25) is 0 Å². The monoisotopic (exact) mass is 341 g/mol. The molecule has 0 bridgehead atoms. The van der Waals surface area contributed by atoms with E-state index in [9.17, 15) is 4.39 Å². The van der Waals surface area contributed by atoms with Gasteiger partial charge in [0.15, 0.2) is 0 Å². The van der Waals surface area contributed by atoms with Crippen molar-refractivity contribution < 1.29 is 9.13 Å². The first-order valence-electron chi connectivity index (χ1n) is 6.52. The third kappa shape index (κ3) is 3.80. The van der Waals surface area contributed by atoms with Crippen molar-refractivity contribution in [2.45, 2.75) is 13.3 Å². The summed E-state index contributed by atoms with van der Waals surface area (Å²) in [6.45, 7) is 4.17. The van der Waals surface area contributed by atoms with E-state index in [0.717, 1.165) is 29.7 Å². The first-order valence-corrected chi connectivity index (χ1v) is 7.32. The molecule has 0 fully saturated rings. The topological polar surface area (TPSA) is 39.1 Å². The lowest BCUT2D eigenvalue weighted by Crippen LogP contribution is -2.10. The summed E-state index contributed by atoms with van der Waals surface area (Å²) in [5.41, 5.74) is 0.717. The molecule has 0 spiro atoms. The number of nitrogens with zero attached hydrogens (tertiary/aromatic N) is 2. The van der Waals surface area contributed by atoms with Crippen LogP contribution >= 0.6 is 15.9 Å². The predicted molar refractivity (Wildman–Crippen MR) is 80.8 cm³/mol. The van der Waals surface area contributed by atoms with Crippen LogP contribution in [0.5, 0.6) is 0 Å². The van der Waals surface area contributed by atoms with Crippen molar-refractivity contribution in [3.8, 4) is 5.69 Å². The van der Waals surface area contributed by atoms with E-state index in [1.807, 2.05) is 11.5 Å². The van der Waals surface area contributed by atoms with Gasteiger partial charge < -0.3 is 10.1 Å². The van der Waals surface area contributed by atoms with E-state index in [-0.39, 0.29) is 5.82 Å². The second-order valence-electron chi connectivity index (χ2n) is 4.19. The second-order valence-corrected chi connectivity index (χ2v) is 5.05. The fraction of sp³-hybridized carbons (Fsp3) is 0.357. The van der Waals surface area contributed by atoms with Crippen molar-refractivity contribution in [2.75, 3.05) is 25.1 Å². The lowest BCUT2D eigenvalue weighted by atomic mass is 10.3. The van der Waals surface area contributed by atoms with Crippen LogP contribution in [0.25, 0.3) is 5.69 Å². The van der Waals surface area contributed by atoms with Gasteiger partial charge in [0.1, 0.15) is 5.82 Å². The van der Waals surface area contributed by atoms with Crippen molar-refractivity contribution in [1.29, 1.82) is 0 Å². The molecular weight excluding hydrogens is 325 g/mol. The molecule has 1 N–H and O–H groups in total. The summed E-state index contributed by atoms with van der Waals surface area (Å²) < 4.78 is 21.3. The molecule has 0 aliphatic heterocycles. The van der Waals surface area contributed by atoms with Crippen LogP contribution < -0.4 is 5.32 Å². The van der Waals surface area contributed by atoms with Gasteiger partial charge in [0.05, 0.1) is 5.69 Å². The first kappa shape index (κ1) is 15.0. The zero-order valence-corrected chi connectivity index (χ0v) is 12.9. The Morgan fingerprint density at radius 1 is 1.45 bits per heavy atom. The van der Waals surface area contributed by atoms with Gasteiger partial charge in [-0.15, -0.1) is 0 Å². The average Bonchev–Trinajstić information content (AvgIpc) is 2.89. The van der Waals surface area contributed by atoms with Gasteiger partial charge in [0, 0.05) is 36.6 Å². The molecule has 0 unspecified atom stereocenters. The Morgan fingerprint density at radius 2 is 2.30 bits per heavy atom. The Labute approximate surface area is 126 Å². The van der Waals surface area contributed by atoms with E-state index < -0.39 is 0 Å². The smallest absolute Gasteiger partial charge is 0.207 e. The van der Waals surface area contributed by atoms with Gasteiger partial charge in [-0.05, 0) is 47.5 Å². The molecule has 0 aliphatic carbocycles. The van der Waals surface area contributed by atoms with E-state index in [0.29, 0.717) is 12.6 Å². The summed E-state index contributed by atoms with van der Waals surface area (Å²) in [4.78, 5) is 4.25. The number of hydrogen-bond donors (Lipinski definition) is 1.